The van der Waals surface area contributed by atoms with Gasteiger partial charge >= 0.3 is 0 Å². The largest absolute Gasteiger partial charge is 0.302 e. The van der Waals surface area contributed by atoms with E-state index in [9.17, 15) is 8.42 Å². The van der Waals surface area contributed by atoms with Gasteiger partial charge in [0.05, 0.1) is 5.75 Å². The van der Waals surface area contributed by atoms with Gasteiger partial charge in [-0.3, -0.25) is 0 Å². The molecule has 6 heteroatoms. The highest BCUT2D eigenvalue weighted by molar-refractivity contribution is 7.89. The highest BCUT2D eigenvalue weighted by Crippen LogP contribution is 2.08. The van der Waals surface area contributed by atoms with E-state index in [1.807, 2.05) is 0 Å². The maximum absolute atomic E-state index is 11.9. The fraction of sp³-hybridized carbons (Fsp3) is 1.00. The lowest BCUT2D eigenvalue weighted by atomic mass is 10.4. The van der Waals surface area contributed by atoms with Crippen LogP contribution >= 0.6 is 11.6 Å². The zero-order valence-electron chi connectivity index (χ0n) is 10.6. The van der Waals surface area contributed by atoms with Crippen LogP contribution in [0.25, 0.3) is 0 Å². The van der Waals surface area contributed by atoms with Gasteiger partial charge in [0.1, 0.15) is 0 Å². The van der Waals surface area contributed by atoms with Gasteiger partial charge in [-0.2, -0.15) is 0 Å². The topological polar surface area (TPSA) is 40.6 Å². The summed E-state index contributed by atoms with van der Waals surface area (Å²) in [6.07, 6.45) is 3.90. The van der Waals surface area contributed by atoms with E-state index in [-0.39, 0.29) is 5.75 Å². The van der Waals surface area contributed by atoms with Crippen LogP contribution in [0.1, 0.15) is 25.7 Å². The van der Waals surface area contributed by atoms with E-state index in [4.69, 9.17) is 11.6 Å². The Bertz CT molecular complexity index is 303. The molecular formula is C11H23ClN2O2S. The van der Waals surface area contributed by atoms with Crippen LogP contribution in [0.3, 0.4) is 0 Å². The van der Waals surface area contributed by atoms with Crippen LogP contribution in [0.2, 0.25) is 0 Å². The number of rotatable bonds is 8. The number of likely N-dealkylation sites (N-methyl/N-ethyl adjacent to an activating group) is 1. The molecule has 0 spiro atoms. The van der Waals surface area contributed by atoms with Crippen molar-refractivity contribution in [3.63, 3.8) is 0 Å². The lowest BCUT2D eigenvalue weighted by Gasteiger charge is -2.21. The first-order chi connectivity index (χ1) is 8.06. The van der Waals surface area contributed by atoms with Crippen molar-refractivity contribution < 1.29 is 8.42 Å². The van der Waals surface area contributed by atoms with Crippen LogP contribution in [-0.4, -0.2) is 62.5 Å². The van der Waals surface area contributed by atoms with Crippen molar-refractivity contribution in [2.45, 2.75) is 25.7 Å². The smallest absolute Gasteiger partial charge is 0.213 e. The van der Waals surface area contributed by atoms with Gasteiger partial charge in [-0.1, -0.05) is 0 Å². The summed E-state index contributed by atoms with van der Waals surface area (Å²) in [5.74, 6) is 0.753. The molecule has 102 valence electrons. The van der Waals surface area contributed by atoms with Gasteiger partial charge < -0.3 is 4.90 Å². The van der Waals surface area contributed by atoms with Gasteiger partial charge in [-0.25, -0.2) is 12.7 Å². The van der Waals surface area contributed by atoms with E-state index in [1.165, 1.54) is 17.1 Å². The van der Waals surface area contributed by atoms with Crippen molar-refractivity contribution in [1.29, 1.82) is 0 Å². The summed E-state index contributed by atoms with van der Waals surface area (Å²) in [4.78, 5) is 2.32. The summed E-state index contributed by atoms with van der Waals surface area (Å²) < 4.78 is 25.2. The second-order valence-corrected chi connectivity index (χ2v) is 7.16. The predicted molar refractivity (Wildman–Crippen MR) is 72.0 cm³/mol. The van der Waals surface area contributed by atoms with Gasteiger partial charge in [0.2, 0.25) is 10.0 Å². The Morgan fingerprint density at radius 3 is 2.47 bits per heavy atom. The van der Waals surface area contributed by atoms with Gasteiger partial charge in [0.25, 0.3) is 0 Å². The van der Waals surface area contributed by atoms with Crippen molar-refractivity contribution in [3.05, 3.63) is 0 Å². The first kappa shape index (κ1) is 15.2. The van der Waals surface area contributed by atoms with E-state index in [2.05, 4.69) is 4.90 Å². The minimum Gasteiger partial charge on any atom is -0.302 e. The van der Waals surface area contributed by atoms with E-state index in [0.29, 0.717) is 18.8 Å². The first-order valence-corrected chi connectivity index (χ1v) is 8.43. The second-order valence-electron chi connectivity index (χ2n) is 4.58. The fourth-order valence-electron chi connectivity index (χ4n) is 1.96. The molecule has 1 aliphatic heterocycles. The molecule has 0 N–H and O–H groups in total. The van der Waals surface area contributed by atoms with E-state index in [1.54, 1.807) is 7.05 Å². The first-order valence-electron chi connectivity index (χ1n) is 6.28. The summed E-state index contributed by atoms with van der Waals surface area (Å²) >= 11 is 5.54. The Morgan fingerprint density at radius 1 is 1.24 bits per heavy atom. The molecule has 0 aromatic rings. The monoisotopic (exact) mass is 282 g/mol. The normalized spacial score (nSPS) is 18.1. The molecule has 1 saturated heterocycles. The predicted octanol–water partition coefficient (Wildman–Crippen LogP) is 1.36. The lowest BCUT2D eigenvalue weighted by molar-refractivity contribution is 0.310. The lowest BCUT2D eigenvalue weighted by Crippen LogP contribution is -2.36. The van der Waals surface area contributed by atoms with Gasteiger partial charge in [-0.05, 0) is 38.8 Å². The minimum absolute atomic E-state index is 0.218. The Balaban J connectivity index is 2.26. The summed E-state index contributed by atoms with van der Waals surface area (Å²) in [6.45, 7) is 3.68. The third-order valence-corrected chi connectivity index (χ3v) is 5.39. The van der Waals surface area contributed by atoms with Crippen LogP contribution in [0.4, 0.5) is 0 Å². The molecule has 1 fully saturated rings. The SMILES string of the molecule is CN(CCN1CCCC1)S(=O)(=O)CCCCCl. The van der Waals surface area contributed by atoms with Crippen LogP contribution < -0.4 is 0 Å². The zero-order chi connectivity index (χ0) is 12.7. The average Bonchev–Trinajstić information content (AvgIpc) is 2.78. The number of alkyl halides is 1. The summed E-state index contributed by atoms with van der Waals surface area (Å²) in [5.41, 5.74) is 0. The number of hydrogen-bond acceptors (Lipinski definition) is 3. The highest BCUT2D eigenvalue weighted by atomic mass is 35.5. The minimum atomic E-state index is -3.08. The molecular weight excluding hydrogens is 260 g/mol. The molecule has 0 aliphatic carbocycles. The third-order valence-electron chi connectivity index (χ3n) is 3.19. The Hall–Kier alpha value is 0.160. The Labute approximate surface area is 110 Å². The van der Waals surface area contributed by atoms with Crippen LogP contribution in [-0.2, 0) is 10.0 Å². The van der Waals surface area contributed by atoms with Crippen LogP contribution in [0.15, 0.2) is 0 Å². The number of sulfonamides is 1. The molecule has 0 unspecified atom stereocenters. The number of unbranched alkanes of at least 4 members (excludes halogenated alkanes) is 1. The molecule has 0 atom stereocenters. The number of nitrogens with zero attached hydrogens (tertiary/aromatic N) is 2. The van der Waals surface area contributed by atoms with Crippen molar-refractivity contribution >= 4 is 21.6 Å². The Morgan fingerprint density at radius 2 is 1.88 bits per heavy atom. The van der Waals surface area contributed by atoms with Crippen LogP contribution in [0.5, 0.6) is 0 Å². The van der Waals surface area contributed by atoms with Gasteiger partial charge in [-0.15, -0.1) is 11.6 Å². The summed E-state index contributed by atoms with van der Waals surface area (Å²) in [6, 6.07) is 0. The molecule has 17 heavy (non-hydrogen) atoms. The Kier molecular flexibility index (Phi) is 6.77. The highest BCUT2D eigenvalue weighted by Gasteiger charge is 2.19. The molecule has 0 saturated carbocycles. The molecule has 1 heterocycles. The quantitative estimate of drug-likeness (QED) is 0.499. The second kappa shape index (κ2) is 7.56. The molecule has 0 aromatic carbocycles. The number of hydrogen-bond donors (Lipinski definition) is 0. The molecule has 1 rings (SSSR count). The molecule has 1 aliphatic rings. The fourth-order valence-corrected chi connectivity index (χ4v) is 3.39. The maximum Gasteiger partial charge on any atom is 0.213 e. The number of likely N-dealkylation sites (tertiary alicyclic amines) is 1. The number of halogens is 1. The summed E-state index contributed by atoms with van der Waals surface area (Å²) in [7, 11) is -1.40. The van der Waals surface area contributed by atoms with Crippen LogP contribution in [0, 0.1) is 0 Å². The molecule has 4 nitrogen and oxygen atoms in total. The molecule has 0 radical (unpaired) electrons. The van der Waals surface area contributed by atoms with E-state index >= 15 is 0 Å². The van der Waals surface area contributed by atoms with E-state index < -0.39 is 10.0 Å². The van der Waals surface area contributed by atoms with Gasteiger partial charge in [0.15, 0.2) is 0 Å². The standard InChI is InChI=1S/C11H23ClN2O2S/c1-13(9-10-14-7-3-4-8-14)17(15,16)11-5-2-6-12/h2-11H2,1H3. The molecule has 0 amide bonds. The van der Waals surface area contributed by atoms with E-state index in [0.717, 1.165) is 26.1 Å². The molecule has 0 aromatic heterocycles. The average molecular weight is 283 g/mol. The van der Waals surface area contributed by atoms with Crippen molar-refractivity contribution in [1.82, 2.24) is 9.21 Å². The van der Waals surface area contributed by atoms with Crippen molar-refractivity contribution in [2.24, 2.45) is 0 Å². The van der Waals surface area contributed by atoms with Crippen molar-refractivity contribution in [2.75, 3.05) is 44.9 Å². The van der Waals surface area contributed by atoms with Gasteiger partial charge in [0, 0.05) is 26.0 Å². The maximum atomic E-state index is 11.9. The third kappa shape index (κ3) is 5.55. The van der Waals surface area contributed by atoms with Crippen molar-refractivity contribution in [3.8, 4) is 0 Å². The summed E-state index contributed by atoms with van der Waals surface area (Å²) in [5, 5.41) is 0. The molecule has 0 bridgehead atoms. The zero-order valence-corrected chi connectivity index (χ0v) is 12.1.